The molecule has 0 bridgehead atoms. The molecule has 146 valence electrons. The first-order valence-corrected chi connectivity index (χ1v) is 11.1. The van der Waals surface area contributed by atoms with E-state index in [-0.39, 0.29) is 29.4 Å². The first-order chi connectivity index (χ1) is 13.0. The van der Waals surface area contributed by atoms with Gasteiger partial charge >= 0.3 is 0 Å². The molecule has 0 radical (unpaired) electrons. The molecule has 27 heavy (non-hydrogen) atoms. The number of rotatable bonds is 9. The van der Waals surface area contributed by atoms with Crippen molar-refractivity contribution in [3.8, 4) is 0 Å². The third-order valence-electron chi connectivity index (χ3n) is 3.90. The van der Waals surface area contributed by atoms with E-state index >= 15 is 0 Å². The second-order valence-corrected chi connectivity index (χ2v) is 8.82. The molecule has 1 aliphatic heterocycles. The van der Waals surface area contributed by atoms with Gasteiger partial charge in [0.15, 0.2) is 5.13 Å². The molecule has 10 nitrogen and oxygen atoms in total. The summed E-state index contributed by atoms with van der Waals surface area (Å²) in [5.41, 5.74) is 6.22. The fourth-order valence-electron chi connectivity index (χ4n) is 2.55. The number of anilines is 1. The Morgan fingerprint density at radius 3 is 3.04 bits per heavy atom. The van der Waals surface area contributed by atoms with Crippen LogP contribution in [0.3, 0.4) is 0 Å². The van der Waals surface area contributed by atoms with Gasteiger partial charge in [-0.15, -0.1) is 16.4 Å². The number of hydrogen-bond donors (Lipinski definition) is 3. The molecule has 1 saturated heterocycles. The first-order valence-electron chi connectivity index (χ1n) is 8.24. The SMILES string of the molecule is Cn1nnnc1SC[C@@H]1CSC(=O)[C@H]1NCCNC(=O)Cc1csc(N)n1. The Balaban J connectivity index is 1.38. The van der Waals surface area contributed by atoms with E-state index < -0.39 is 0 Å². The molecule has 2 aromatic heterocycles. The lowest BCUT2D eigenvalue weighted by Crippen LogP contribution is -2.43. The van der Waals surface area contributed by atoms with E-state index in [1.54, 1.807) is 17.1 Å². The summed E-state index contributed by atoms with van der Waals surface area (Å²) in [6.07, 6.45) is 0.205. The number of tetrazole rings is 1. The summed E-state index contributed by atoms with van der Waals surface area (Å²) in [6, 6.07) is -0.223. The third-order valence-corrected chi connectivity index (χ3v) is 6.95. The molecule has 2 aromatic rings. The molecule has 1 amide bonds. The zero-order valence-corrected chi connectivity index (χ0v) is 17.1. The van der Waals surface area contributed by atoms with Crippen LogP contribution in [0.1, 0.15) is 5.69 Å². The number of carbonyl (C=O) groups is 2. The number of aromatic nitrogens is 5. The van der Waals surface area contributed by atoms with Crippen LogP contribution in [0.2, 0.25) is 0 Å². The molecule has 0 aliphatic carbocycles. The van der Waals surface area contributed by atoms with Crippen molar-refractivity contribution in [2.24, 2.45) is 13.0 Å². The van der Waals surface area contributed by atoms with Gasteiger partial charge in [0.25, 0.3) is 0 Å². The minimum absolute atomic E-state index is 0.115. The van der Waals surface area contributed by atoms with Crippen LogP contribution < -0.4 is 16.4 Å². The summed E-state index contributed by atoms with van der Waals surface area (Å²) in [6.45, 7) is 0.967. The van der Waals surface area contributed by atoms with Crippen molar-refractivity contribution in [2.75, 3.05) is 30.3 Å². The highest BCUT2D eigenvalue weighted by atomic mass is 32.2. The zero-order chi connectivity index (χ0) is 19.2. The molecule has 0 spiro atoms. The second-order valence-electron chi connectivity index (χ2n) is 5.92. The molecule has 0 saturated carbocycles. The number of thiazole rings is 1. The summed E-state index contributed by atoms with van der Waals surface area (Å²) in [4.78, 5) is 28.1. The van der Waals surface area contributed by atoms with Gasteiger partial charge in [0, 0.05) is 42.9 Å². The highest BCUT2D eigenvalue weighted by molar-refractivity contribution is 8.14. The highest BCUT2D eigenvalue weighted by Gasteiger charge is 2.35. The van der Waals surface area contributed by atoms with E-state index in [0.29, 0.717) is 23.9 Å². The number of aryl methyl sites for hydroxylation is 1. The van der Waals surface area contributed by atoms with Crippen molar-refractivity contribution >= 4 is 51.0 Å². The minimum atomic E-state index is -0.223. The predicted octanol–water partition coefficient (Wildman–Crippen LogP) is -0.452. The normalized spacial score (nSPS) is 19.5. The van der Waals surface area contributed by atoms with Gasteiger partial charge in [-0.05, 0) is 10.4 Å². The summed E-state index contributed by atoms with van der Waals surface area (Å²) in [5, 5.41) is 20.5. The van der Waals surface area contributed by atoms with Crippen LogP contribution >= 0.6 is 34.9 Å². The number of amides is 1. The molecule has 0 unspecified atom stereocenters. The van der Waals surface area contributed by atoms with E-state index in [9.17, 15) is 9.59 Å². The van der Waals surface area contributed by atoms with Crippen LogP contribution in [0.5, 0.6) is 0 Å². The fourth-order valence-corrected chi connectivity index (χ4v) is 5.39. The van der Waals surface area contributed by atoms with Gasteiger partial charge in [-0.25, -0.2) is 9.67 Å². The molecule has 3 heterocycles. The molecular weight excluding hydrogens is 408 g/mol. The second kappa shape index (κ2) is 9.48. The maximum Gasteiger partial charge on any atom is 0.226 e. The molecule has 1 fully saturated rings. The van der Waals surface area contributed by atoms with Gasteiger partial charge in [-0.3, -0.25) is 9.59 Å². The quantitative estimate of drug-likeness (QED) is 0.355. The fraction of sp³-hybridized carbons (Fsp3) is 0.571. The van der Waals surface area contributed by atoms with E-state index in [1.807, 2.05) is 0 Å². The lowest BCUT2D eigenvalue weighted by Gasteiger charge is -2.18. The number of nitrogen functional groups attached to an aromatic ring is 1. The Morgan fingerprint density at radius 2 is 2.33 bits per heavy atom. The number of carbonyl (C=O) groups excluding carboxylic acids is 2. The van der Waals surface area contributed by atoms with Gasteiger partial charge in [0.1, 0.15) is 0 Å². The monoisotopic (exact) mass is 428 g/mol. The summed E-state index contributed by atoms with van der Waals surface area (Å²) < 4.78 is 1.61. The number of nitrogens with zero attached hydrogens (tertiary/aromatic N) is 5. The number of thioether (sulfide) groups is 2. The van der Waals surface area contributed by atoms with E-state index in [0.717, 1.165) is 16.7 Å². The number of nitrogens with two attached hydrogens (primary N) is 1. The Hall–Kier alpha value is -1.70. The number of nitrogens with one attached hydrogen (secondary N) is 2. The largest absolute Gasteiger partial charge is 0.375 e. The van der Waals surface area contributed by atoms with Crippen LogP contribution in [-0.2, 0) is 23.1 Å². The van der Waals surface area contributed by atoms with Crippen LogP contribution in [0.4, 0.5) is 5.13 Å². The molecule has 2 atom stereocenters. The van der Waals surface area contributed by atoms with Gasteiger partial charge in [0.2, 0.25) is 16.2 Å². The van der Waals surface area contributed by atoms with Crippen LogP contribution in [0.15, 0.2) is 10.5 Å². The standard InChI is InChI=1S/C14H20N8O2S3/c1-22-14(19-20-21-22)27-6-8-5-25-12(24)11(8)17-3-2-16-10(23)4-9-7-26-13(15)18-9/h7-8,11,17H,2-6H2,1H3,(H2,15,18)(H,16,23)/t8-,11-/m0/s1. The average molecular weight is 429 g/mol. The molecule has 4 N–H and O–H groups in total. The van der Waals surface area contributed by atoms with Gasteiger partial charge in [-0.2, -0.15) is 0 Å². The molecule has 3 rings (SSSR count). The van der Waals surface area contributed by atoms with Crippen LogP contribution in [0.25, 0.3) is 0 Å². The van der Waals surface area contributed by atoms with Crippen LogP contribution in [0, 0.1) is 5.92 Å². The lowest BCUT2D eigenvalue weighted by molar-refractivity contribution is -0.120. The predicted molar refractivity (Wildman–Crippen MR) is 106 cm³/mol. The Morgan fingerprint density at radius 1 is 1.48 bits per heavy atom. The van der Waals surface area contributed by atoms with Crippen LogP contribution in [-0.4, -0.2) is 66.9 Å². The Bertz CT molecular complexity index is 795. The van der Waals surface area contributed by atoms with E-state index in [2.05, 4.69) is 31.1 Å². The zero-order valence-electron chi connectivity index (χ0n) is 14.6. The van der Waals surface area contributed by atoms with Crippen molar-refractivity contribution in [1.82, 2.24) is 35.8 Å². The third kappa shape index (κ3) is 5.64. The van der Waals surface area contributed by atoms with Crippen molar-refractivity contribution < 1.29 is 9.59 Å². The highest BCUT2D eigenvalue weighted by Crippen LogP contribution is 2.30. The smallest absolute Gasteiger partial charge is 0.226 e. The first kappa shape index (κ1) is 20.0. The Kier molecular flexibility index (Phi) is 7.04. The van der Waals surface area contributed by atoms with Gasteiger partial charge < -0.3 is 16.4 Å². The molecule has 1 aliphatic rings. The minimum Gasteiger partial charge on any atom is -0.375 e. The maximum atomic E-state index is 12.1. The maximum absolute atomic E-state index is 12.1. The molecule has 13 heteroatoms. The van der Waals surface area contributed by atoms with Crippen molar-refractivity contribution in [3.05, 3.63) is 11.1 Å². The Labute approximate surface area is 168 Å². The molecular formula is C14H20N8O2S3. The van der Waals surface area contributed by atoms with Crippen molar-refractivity contribution in [1.29, 1.82) is 0 Å². The van der Waals surface area contributed by atoms with Crippen molar-refractivity contribution in [2.45, 2.75) is 17.6 Å². The lowest BCUT2D eigenvalue weighted by atomic mass is 10.1. The van der Waals surface area contributed by atoms with Crippen molar-refractivity contribution in [3.63, 3.8) is 0 Å². The molecule has 0 aromatic carbocycles. The van der Waals surface area contributed by atoms with Gasteiger partial charge in [-0.1, -0.05) is 23.5 Å². The summed E-state index contributed by atoms with van der Waals surface area (Å²) in [7, 11) is 1.79. The number of hydrogen-bond acceptors (Lipinski definition) is 11. The average Bonchev–Trinajstić information content (AvgIpc) is 3.32. The summed E-state index contributed by atoms with van der Waals surface area (Å²) in [5.74, 6) is 1.60. The summed E-state index contributed by atoms with van der Waals surface area (Å²) >= 11 is 4.20. The van der Waals surface area contributed by atoms with Gasteiger partial charge in [0.05, 0.1) is 18.2 Å². The van der Waals surface area contributed by atoms with E-state index in [4.69, 9.17) is 5.73 Å². The van der Waals surface area contributed by atoms with E-state index in [1.165, 1.54) is 34.9 Å². The topological polar surface area (TPSA) is 141 Å².